The number of nitro groups is 1. The van der Waals surface area contributed by atoms with Crippen LogP contribution in [-0.2, 0) is 6.18 Å². The molecule has 0 N–H and O–H groups in total. The Balaban J connectivity index is 2.75. The van der Waals surface area contributed by atoms with Crippen LogP contribution in [0.15, 0.2) is 36.4 Å². The van der Waals surface area contributed by atoms with E-state index in [2.05, 4.69) is 0 Å². The largest absolute Gasteiger partial charge is 0.416 e. The molecule has 2 aromatic carbocycles. The van der Waals surface area contributed by atoms with Crippen molar-refractivity contribution in [3.05, 3.63) is 62.1 Å². The molecule has 3 nitrogen and oxygen atoms in total. The van der Waals surface area contributed by atoms with Gasteiger partial charge >= 0.3 is 6.18 Å². The summed E-state index contributed by atoms with van der Waals surface area (Å²) >= 11 is 11.9. The first-order valence-corrected chi connectivity index (χ1v) is 6.27. The number of alkyl halides is 3. The molecule has 0 aromatic heterocycles. The molecule has 0 amide bonds. The Morgan fingerprint density at radius 3 is 2.10 bits per heavy atom. The van der Waals surface area contributed by atoms with Gasteiger partial charge in [0.2, 0.25) is 0 Å². The predicted molar refractivity (Wildman–Crippen MR) is 73.6 cm³/mol. The van der Waals surface area contributed by atoms with E-state index in [0.29, 0.717) is 6.07 Å². The minimum atomic E-state index is -4.71. The molecule has 8 heteroatoms. The zero-order valence-electron chi connectivity index (χ0n) is 10.1. The average Bonchev–Trinajstić information content (AvgIpc) is 2.37. The van der Waals surface area contributed by atoms with Crippen molar-refractivity contribution in [1.29, 1.82) is 0 Å². The fourth-order valence-electron chi connectivity index (χ4n) is 1.80. The molecule has 0 unspecified atom stereocenters. The predicted octanol–water partition coefficient (Wildman–Crippen LogP) is 5.59. The second-order valence-electron chi connectivity index (χ2n) is 4.12. The Kier molecular flexibility index (Phi) is 4.11. The van der Waals surface area contributed by atoms with Gasteiger partial charge in [-0.2, -0.15) is 13.2 Å². The van der Waals surface area contributed by atoms with Crippen LogP contribution in [0.5, 0.6) is 0 Å². The normalized spacial score (nSPS) is 11.5. The van der Waals surface area contributed by atoms with Crippen LogP contribution in [0.25, 0.3) is 11.1 Å². The fourth-order valence-corrected chi connectivity index (χ4v) is 2.41. The third kappa shape index (κ3) is 3.28. The number of benzene rings is 2. The van der Waals surface area contributed by atoms with Crippen molar-refractivity contribution >= 4 is 28.9 Å². The van der Waals surface area contributed by atoms with Crippen molar-refractivity contribution in [3.63, 3.8) is 0 Å². The molecule has 0 heterocycles. The van der Waals surface area contributed by atoms with Gasteiger partial charge in [-0.15, -0.1) is 0 Å². The van der Waals surface area contributed by atoms with Gasteiger partial charge in [-0.05, 0) is 23.8 Å². The van der Waals surface area contributed by atoms with Crippen molar-refractivity contribution in [2.24, 2.45) is 0 Å². The van der Waals surface area contributed by atoms with Crippen LogP contribution in [0.2, 0.25) is 10.0 Å². The fraction of sp³-hybridized carbons (Fsp3) is 0.0769. The number of rotatable bonds is 2. The molecule has 0 bridgehead atoms. The molecule has 2 rings (SSSR count). The molecule has 0 atom stereocenters. The maximum absolute atomic E-state index is 12.8. The highest BCUT2D eigenvalue weighted by molar-refractivity contribution is 6.39. The van der Waals surface area contributed by atoms with E-state index < -0.39 is 22.4 Å². The van der Waals surface area contributed by atoms with Crippen molar-refractivity contribution in [1.82, 2.24) is 0 Å². The van der Waals surface area contributed by atoms with Gasteiger partial charge in [0.05, 0.1) is 10.5 Å². The smallest absolute Gasteiger partial charge is 0.258 e. The summed E-state index contributed by atoms with van der Waals surface area (Å²) in [4.78, 5) is 9.91. The molecule has 0 aliphatic carbocycles. The second-order valence-corrected chi connectivity index (χ2v) is 4.93. The van der Waals surface area contributed by atoms with Gasteiger partial charge in [0.25, 0.3) is 5.69 Å². The van der Waals surface area contributed by atoms with Crippen molar-refractivity contribution < 1.29 is 18.1 Å². The van der Waals surface area contributed by atoms with Gasteiger partial charge in [-0.3, -0.25) is 10.1 Å². The highest BCUT2D eigenvalue weighted by Crippen LogP contribution is 2.40. The summed E-state index contributed by atoms with van der Waals surface area (Å²) in [7, 11) is 0. The SMILES string of the molecule is O=[N+]([O-])c1cc(-c2c(Cl)cccc2Cl)cc(C(F)(F)F)c1. The second kappa shape index (κ2) is 5.54. The summed E-state index contributed by atoms with van der Waals surface area (Å²) in [5.74, 6) is 0. The van der Waals surface area contributed by atoms with Crippen LogP contribution in [-0.4, -0.2) is 4.92 Å². The quantitative estimate of drug-likeness (QED) is 0.530. The lowest BCUT2D eigenvalue weighted by molar-refractivity contribution is -0.385. The van der Waals surface area contributed by atoms with Gasteiger partial charge in [0.15, 0.2) is 0 Å². The summed E-state index contributed by atoms with van der Waals surface area (Å²) in [6, 6.07) is 6.65. The molecular weight excluding hydrogens is 330 g/mol. The van der Waals surface area contributed by atoms with Crippen molar-refractivity contribution in [2.45, 2.75) is 6.18 Å². The minimum Gasteiger partial charge on any atom is -0.258 e. The van der Waals surface area contributed by atoms with Crippen LogP contribution in [0.3, 0.4) is 0 Å². The van der Waals surface area contributed by atoms with E-state index in [1.807, 2.05) is 0 Å². The Hall–Kier alpha value is -1.79. The Morgan fingerprint density at radius 1 is 1.05 bits per heavy atom. The maximum atomic E-state index is 12.8. The van der Waals surface area contributed by atoms with Crippen molar-refractivity contribution in [3.8, 4) is 11.1 Å². The molecule has 0 radical (unpaired) electrons. The summed E-state index contributed by atoms with van der Waals surface area (Å²) < 4.78 is 38.5. The third-order valence-corrected chi connectivity index (χ3v) is 3.34. The third-order valence-electron chi connectivity index (χ3n) is 2.71. The Morgan fingerprint density at radius 2 is 1.62 bits per heavy atom. The molecule has 0 aliphatic rings. The van der Waals surface area contributed by atoms with E-state index in [1.165, 1.54) is 18.2 Å². The number of halogens is 5. The molecule has 0 saturated heterocycles. The first kappa shape index (κ1) is 15.6. The van der Waals surface area contributed by atoms with E-state index >= 15 is 0 Å². The number of hydrogen-bond acceptors (Lipinski definition) is 2. The molecule has 0 spiro atoms. The van der Waals surface area contributed by atoms with Crippen LogP contribution < -0.4 is 0 Å². The summed E-state index contributed by atoms with van der Waals surface area (Å²) in [5, 5.41) is 11.0. The van der Waals surface area contributed by atoms with Gasteiger partial charge in [0.1, 0.15) is 0 Å². The van der Waals surface area contributed by atoms with Gasteiger partial charge < -0.3 is 0 Å². The molecule has 0 aliphatic heterocycles. The standard InChI is InChI=1S/C13H6Cl2F3NO2/c14-10-2-1-3-11(15)12(10)7-4-8(13(16,17)18)6-9(5-7)19(20)21/h1-6H. The van der Waals surface area contributed by atoms with Crippen molar-refractivity contribution in [2.75, 3.05) is 0 Å². The first-order valence-electron chi connectivity index (χ1n) is 5.51. The summed E-state index contributed by atoms with van der Waals surface area (Å²) in [6.45, 7) is 0. The molecule has 0 saturated carbocycles. The zero-order chi connectivity index (χ0) is 15.8. The Labute approximate surface area is 127 Å². The van der Waals surface area contributed by atoms with Crippen LogP contribution in [0.1, 0.15) is 5.56 Å². The van der Waals surface area contributed by atoms with Gasteiger partial charge in [-0.25, -0.2) is 0 Å². The van der Waals surface area contributed by atoms with Crippen LogP contribution in [0, 0.1) is 10.1 Å². The minimum absolute atomic E-state index is 0.0628. The van der Waals surface area contributed by atoms with E-state index in [1.54, 1.807) is 0 Å². The van der Waals surface area contributed by atoms with Crippen LogP contribution in [0.4, 0.5) is 18.9 Å². The first-order chi connectivity index (χ1) is 9.70. The molecule has 21 heavy (non-hydrogen) atoms. The lowest BCUT2D eigenvalue weighted by Crippen LogP contribution is -2.06. The lowest BCUT2D eigenvalue weighted by atomic mass is 10.0. The highest BCUT2D eigenvalue weighted by atomic mass is 35.5. The summed E-state index contributed by atoms with van der Waals surface area (Å²) in [5.41, 5.74) is -1.76. The topological polar surface area (TPSA) is 43.1 Å². The van der Waals surface area contributed by atoms with Crippen LogP contribution >= 0.6 is 23.2 Å². The maximum Gasteiger partial charge on any atom is 0.416 e. The molecule has 2 aromatic rings. The zero-order valence-corrected chi connectivity index (χ0v) is 11.6. The van der Waals surface area contributed by atoms with Gasteiger partial charge in [-0.1, -0.05) is 29.3 Å². The average molecular weight is 336 g/mol. The van der Waals surface area contributed by atoms with E-state index in [9.17, 15) is 23.3 Å². The van der Waals surface area contributed by atoms with E-state index in [0.717, 1.165) is 12.1 Å². The highest BCUT2D eigenvalue weighted by Gasteiger charge is 2.33. The lowest BCUT2D eigenvalue weighted by Gasteiger charge is -2.11. The molecule has 110 valence electrons. The van der Waals surface area contributed by atoms with E-state index in [-0.39, 0.29) is 21.2 Å². The van der Waals surface area contributed by atoms with E-state index in [4.69, 9.17) is 23.2 Å². The number of nitrogens with zero attached hydrogens (tertiary/aromatic N) is 1. The Bertz CT molecular complexity index is 697. The monoisotopic (exact) mass is 335 g/mol. The number of non-ortho nitro benzene ring substituents is 1. The molecule has 0 fully saturated rings. The number of nitro benzene ring substituents is 1. The molecular formula is C13H6Cl2F3NO2. The summed E-state index contributed by atoms with van der Waals surface area (Å²) in [6.07, 6.45) is -4.71. The number of hydrogen-bond donors (Lipinski definition) is 0. The van der Waals surface area contributed by atoms with Gasteiger partial charge in [0, 0.05) is 27.7 Å².